The van der Waals surface area contributed by atoms with Crippen LogP contribution in [0.2, 0.25) is 5.02 Å². The van der Waals surface area contributed by atoms with Gasteiger partial charge in [0.1, 0.15) is 6.07 Å². The highest BCUT2D eigenvalue weighted by Crippen LogP contribution is 2.30. The number of carbonyl (C=O) groups is 1. The number of aliphatic hydroxyl groups is 1. The fourth-order valence-electron chi connectivity index (χ4n) is 4.28. The summed E-state index contributed by atoms with van der Waals surface area (Å²) in [5, 5.41) is 19.4. The summed E-state index contributed by atoms with van der Waals surface area (Å²) < 4.78 is 25.8. The summed E-state index contributed by atoms with van der Waals surface area (Å²) in [6, 6.07) is 23.1. The van der Waals surface area contributed by atoms with Crippen LogP contribution < -0.4 is 0 Å². The Morgan fingerprint density at radius 2 is 1.72 bits per heavy atom. The fraction of sp³-hybridized carbons (Fsp3) is 0.375. The molecule has 1 aliphatic rings. The molecular formula is C32H37ClF2N2O2. The molecule has 1 N–H and O–H groups in total. The van der Waals surface area contributed by atoms with Crippen LogP contribution in [0.3, 0.4) is 0 Å². The number of amides is 1. The lowest BCUT2D eigenvalue weighted by Gasteiger charge is -2.28. The zero-order chi connectivity index (χ0) is 29.2. The van der Waals surface area contributed by atoms with Crippen molar-refractivity contribution in [1.82, 2.24) is 4.90 Å². The van der Waals surface area contributed by atoms with Crippen LogP contribution in [-0.2, 0) is 22.7 Å². The monoisotopic (exact) mass is 554 g/mol. The van der Waals surface area contributed by atoms with Crippen molar-refractivity contribution >= 4 is 17.5 Å². The normalized spacial score (nSPS) is 16.1. The summed E-state index contributed by atoms with van der Waals surface area (Å²) in [4.78, 5) is 14.1. The maximum Gasteiger partial charge on any atom is 0.270 e. The van der Waals surface area contributed by atoms with Gasteiger partial charge in [0.25, 0.3) is 11.8 Å². The third kappa shape index (κ3) is 9.16. The third-order valence-electron chi connectivity index (χ3n) is 6.58. The van der Waals surface area contributed by atoms with Gasteiger partial charge in [0.2, 0.25) is 0 Å². The Hall–Kier alpha value is -3.27. The number of nitriles is 1. The Bertz CT molecular complexity index is 1270. The van der Waals surface area contributed by atoms with Crippen LogP contribution in [0.1, 0.15) is 61.9 Å². The van der Waals surface area contributed by atoms with Crippen LogP contribution in [0.4, 0.5) is 8.78 Å². The van der Waals surface area contributed by atoms with E-state index < -0.39 is 11.5 Å². The van der Waals surface area contributed by atoms with E-state index in [1.807, 2.05) is 44.2 Å². The second-order valence-electron chi connectivity index (χ2n) is 10.1. The smallest absolute Gasteiger partial charge is 0.270 e. The predicted octanol–water partition coefficient (Wildman–Crippen LogP) is 7.64. The van der Waals surface area contributed by atoms with E-state index in [4.69, 9.17) is 16.9 Å². The van der Waals surface area contributed by atoms with E-state index >= 15 is 0 Å². The molecule has 7 heteroatoms. The van der Waals surface area contributed by atoms with Crippen molar-refractivity contribution in [2.75, 3.05) is 13.1 Å². The molecule has 208 valence electrons. The first kappa shape index (κ1) is 31.9. The van der Waals surface area contributed by atoms with Gasteiger partial charge in [-0.05, 0) is 61.4 Å². The number of likely N-dealkylation sites (tertiary alicyclic amines) is 1. The van der Waals surface area contributed by atoms with E-state index in [-0.39, 0.29) is 11.5 Å². The Morgan fingerprint density at radius 1 is 1.10 bits per heavy atom. The minimum atomic E-state index is -2.72. The largest absolute Gasteiger partial charge is 0.376 e. The first-order valence-electron chi connectivity index (χ1n) is 13.0. The van der Waals surface area contributed by atoms with Gasteiger partial charge in [-0.3, -0.25) is 4.79 Å². The number of carbonyl (C=O) groups excluding carboxylic acids is 1. The zero-order valence-corrected chi connectivity index (χ0v) is 24.0. The molecule has 4 nitrogen and oxygen atoms in total. The fourth-order valence-corrected chi connectivity index (χ4v) is 4.56. The molecule has 4 rings (SSSR count). The molecular weight excluding hydrogens is 518 g/mol. The summed E-state index contributed by atoms with van der Waals surface area (Å²) in [5.74, 6) is -2.37. The van der Waals surface area contributed by atoms with Crippen LogP contribution in [0, 0.1) is 24.2 Å². The number of nitrogens with zero attached hydrogens (tertiary/aromatic N) is 2. The van der Waals surface area contributed by atoms with Gasteiger partial charge in [0.05, 0.1) is 10.6 Å². The molecule has 0 spiro atoms. The SMILES string of the molecule is CC1CCN(C(=O)C(C)(O)c2ccccc2)C1.CCc1ccccc1C(C)(F)F.Cc1ccc(C#N)c(Cl)c1. The second-order valence-corrected chi connectivity index (χ2v) is 10.5. The summed E-state index contributed by atoms with van der Waals surface area (Å²) in [6.07, 6.45) is 1.68. The molecule has 0 aliphatic carbocycles. The number of rotatable bonds is 4. The molecule has 1 fully saturated rings. The standard InChI is InChI=1S/C14H19NO2.C10H12F2.C8H6ClN/c1-11-8-9-15(10-11)13(16)14(2,17)12-6-4-3-5-7-12;1-3-8-6-4-5-7-9(8)10(2,11)12;1-6-2-3-7(5-10)8(9)4-6/h3-7,11,17H,8-10H2,1-2H3;4-7H,3H2,1-2H3;2-4H,1H3. The number of alkyl halides is 2. The first-order valence-corrected chi connectivity index (χ1v) is 13.4. The molecule has 39 heavy (non-hydrogen) atoms. The van der Waals surface area contributed by atoms with Crippen molar-refractivity contribution in [3.05, 3.63) is 106 Å². The van der Waals surface area contributed by atoms with Gasteiger partial charge in [-0.15, -0.1) is 0 Å². The number of benzene rings is 3. The lowest BCUT2D eigenvalue weighted by molar-refractivity contribution is -0.149. The van der Waals surface area contributed by atoms with E-state index in [2.05, 4.69) is 6.92 Å². The van der Waals surface area contributed by atoms with Gasteiger partial charge in [0.15, 0.2) is 5.60 Å². The highest BCUT2D eigenvalue weighted by Gasteiger charge is 2.38. The van der Waals surface area contributed by atoms with E-state index in [9.17, 15) is 18.7 Å². The maximum atomic E-state index is 12.9. The molecule has 0 radical (unpaired) electrons. The van der Waals surface area contributed by atoms with Crippen molar-refractivity contribution < 1.29 is 18.7 Å². The minimum Gasteiger partial charge on any atom is -0.376 e. The van der Waals surface area contributed by atoms with Gasteiger partial charge in [-0.1, -0.05) is 86.1 Å². The van der Waals surface area contributed by atoms with E-state index in [0.717, 1.165) is 37.6 Å². The lowest BCUT2D eigenvalue weighted by atomic mass is 9.94. The number of halogens is 3. The van der Waals surface area contributed by atoms with Crippen molar-refractivity contribution in [3.63, 3.8) is 0 Å². The summed E-state index contributed by atoms with van der Waals surface area (Å²) in [7, 11) is 0. The molecule has 1 saturated heterocycles. The molecule has 1 heterocycles. The number of aryl methyl sites for hydroxylation is 2. The van der Waals surface area contributed by atoms with Gasteiger partial charge in [0, 0.05) is 25.6 Å². The summed E-state index contributed by atoms with van der Waals surface area (Å²) in [6.45, 7) is 9.96. The number of hydrogen-bond acceptors (Lipinski definition) is 3. The van der Waals surface area contributed by atoms with E-state index in [1.54, 1.807) is 54.3 Å². The molecule has 3 aromatic carbocycles. The van der Waals surface area contributed by atoms with Crippen LogP contribution in [0.5, 0.6) is 0 Å². The first-order chi connectivity index (χ1) is 18.3. The quantitative estimate of drug-likeness (QED) is 0.360. The van der Waals surface area contributed by atoms with Gasteiger partial charge in [-0.25, -0.2) is 8.78 Å². The minimum absolute atomic E-state index is 0.146. The Kier molecular flexibility index (Phi) is 11.6. The Balaban J connectivity index is 0.000000214. The lowest BCUT2D eigenvalue weighted by Crippen LogP contribution is -2.44. The van der Waals surface area contributed by atoms with Crippen molar-refractivity contribution in [2.24, 2.45) is 5.92 Å². The predicted molar refractivity (Wildman–Crippen MR) is 153 cm³/mol. The van der Waals surface area contributed by atoms with Gasteiger partial charge >= 0.3 is 0 Å². The molecule has 2 atom stereocenters. The van der Waals surface area contributed by atoms with Crippen LogP contribution in [0.15, 0.2) is 72.8 Å². The van der Waals surface area contributed by atoms with Crippen molar-refractivity contribution in [2.45, 2.75) is 59.0 Å². The Labute approximate surface area is 235 Å². The van der Waals surface area contributed by atoms with Crippen LogP contribution in [0.25, 0.3) is 0 Å². The maximum absolute atomic E-state index is 12.9. The summed E-state index contributed by atoms with van der Waals surface area (Å²) >= 11 is 5.71. The molecule has 0 aromatic heterocycles. The topological polar surface area (TPSA) is 64.3 Å². The van der Waals surface area contributed by atoms with Crippen LogP contribution in [-0.4, -0.2) is 29.0 Å². The van der Waals surface area contributed by atoms with Crippen molar-refractivity contribution in [3.8, 4) is 6.07 Å². The summed E-state index contributed by atoms with van der Waals surface area (Å²) in [5.41, 5.74) is 1.73. The van der Waals surface area contributed by atoms with Crippen molar-refractivity contribution in [1.29, 1.82) is 5.26 Å². The average Bonchev–Trinajstić information content (AvgIpc) is 3.35. The third-order valence-corrected chi connectivity index (χ3v) is 6.89. The second kappa shape index (κ2) is 14.2. The molecule has 1 amide bonds. The van der Waals surface area contributed by atoms with Gasteiger partial charge < -0.3 is 10.0 Å². The molecule has 3 aromatic rings. The molecule has 1 aliphatic heterocycles. The Morgan fingerprint density at radius 3 is 2.21 bits per heavy atom. The molecule has 0 bridgehead atoms. The number of hydrogen-bond donors (Lipinski definition) is 1. The van der Waals surface area contributed by atoms with E-state index in [1.165, 1.54) is 6.07 Å². The van der Waals surface area contributed by atoms with Gasteiger partial charge in [-0.2, -0.15) is 5.26 Å². The molecule has 0 saturated carbocycles. The average molecular weight is 555 g/mol. The highest BCUT2D eigenvalue weighted by atomic mass is 35.5. The molecule has 2 unspecified atom stereocenters. The highest BCUT2D eigenvalue weighted by molar-refractivity contribution is 6.31. The zero-order valence-electron chi connectivity index (χ0n) is 23.2. The van der Waals surface area contributed by atoms with E-state index in [0.29, 0.717) is 28.5 Å². The van der Waals surface area contributed by atoms with Crippen LogP contribution >= 0.6 is 11.6 Å².